The summed E-state index contributed by atoms with van der Waals surface area (Å²) < 4.78 is 0. The van der Waals surface area contributed by atoms with E-state index in [1.165, 1.54) is 0 Å². The van der Waals surface area contributed by atoms with Crippen molar-refractivity contribution in [2.24, 2.45) is 0 Å². The summed E-state index contributed by atoms with van der Waals surface area (Å²) >= 11 is 0. The number of benzene rings is 3. The third-order valence-corrected chi connectivity index (χ3v) is 5.22. The lowest BCUT2D eigenvalue weighted by Crippen LogP contribution is -2.23. The predicted molar refractivity (Wildman–Crippen MR) is 116 cm³/mol. The minimum Gasteiger partial charge on any atom is -0.508 e. The van der Waals surface area contributed by atoms with Crippen molar-refractivity contribution in [3.05, 3.63) is 87.5 Å². The maximum atomic E-state index is 10.6. The van der Waals surface area contributed by atoms with E-state index in [2.05, 4.69) is 4.90 Å². The van der Waals surface area contributed by atoms with Gasteiger partial charge in [0.05, 0.1) is 0 Å². The van der Waals surface area contributed by atoms with E-state index in [1.807, 2.05) is 64.1 Å². The standard InChI is InChI=1S/C25H29NO3/c1-16-9-18(3)24(28)21(11-16)14-26(13-20-7-5-6-8-23(20)27)15-22-12-17(2)10-19(4)25(22)29/h5-12,27-29H,13-15H2,1-4H3. The van der Waals surface area contributed by atoms with Crippen LogP contribution in [0, 0.1) is 27.7 Å². The van der Waals surface area contributed by atoms with Gasteiger partial charge in [-0.2, -0.15) is 0 Å². The third-order valence-electron chi connectivity index (χ3n) is 5.22. The molecule has 0 amide bonds. The molecule has 0 fully saturated rings. The zero-order valence-corrected chi connectivity index (χ0v) is 17.5. The fourth-order valence-electron chi connectivity index (χ4n) is 3.87. The predicted octanol–water partition coefficient (Wildman–Crippen LogP) is 5.24. The van der Waals surface area contributed by atoms with Crippen molar-refractivity contribution >= 4 is 0 Å². The molecule has 0 bridgehead atoms. The van der Waals surface area contributed by atoms with Crippen molar-refractivity contribution in [2.75, 3.05) is 0 Å². The van der Waals surface area contributed by atoms with Crippen molar-refractivity contribution in [3.63, 3.8) is 0 Å². The first-order valence-corrected chi connectivity index (χ1v) is 9.82. The number of aryl methyl sites for hydroxylation is 4. The van der Waals surface area contributed by atoms with Crippen LogP contribution in [0.15, 0.2) is 48.5 Å². The molecule has 0 aliphatic rings. The van der Waals surface area contributed by atoms with E-state index < -0.39 is 0 Å². The molecule has 0 radical (unpaired) electrons. The van der Waals surface area contributed by atoms with Gasteiger partial charge in [-0.25, -0.2) is 0 Å². The molecule has 3 aromatic carbocycles. The highest BCUT2D eigenvalue weighted by atomic mass is 16.3. The van der Waals surface area contributed by atoms with Crippen molar-refractivity contribution in [1.29, 1.82) is 0 Å². The molecule has 152 valence electrons. The van der Waals surface area contributed by atoms with Gasteiger partial charge in [0.1, 0.15) is 17.2 Å². The molecular formula is C25H29NO3. The lowest BCUT2D eigenvalue weighted by Gasteiger charge is -2.25. The van der Waals surface area contributed by atoms with Crippen LogP contribution >= 0.6 is 0 Å². The van der Waals surface area contributed by atoms with Gasteiger partial charge in [-0.15, -0.1) is 0 Å². The molecule has 0 unspecified atom stereocenters. The number of para-hydroxylation sites is 1. The molecule has 0 spiro atoms. The van der Waals surface area contributed by atoms with Gasteiger partial charge in [0, 0.05) is 36.3 Å². The summed E-state index contributed by atoms with van der Waals surface area (Å²) in [6, 6.07) is 15.2. The summed E-state index contributed by atoms with van der Waals surface area (Å²) in [5, 5.41) is 31.4. The Morgan fingerprint density at radius 2 is 1.07 bits per heavy atom. The first kappa shape index (κ1) is 20.7. The van der Waals surface area contributed by atoms with E-state index in [0.29, 0.717) is 31.1 Å². The minimum absolute atomic E-state index is 0.242. The Kier molecular flexibility index (Phi) is 6.14. The molecule has 29 heavy (non-hydrogen) atoms. The fourth-order valence-corrected chi connectivity index (χ4v) is 3.87. The summed E-state index contributed by atoms with van der Waals surface area (Å²) in [5.74, 6) is 0.830. The number of nitrogens with zero attached hydrogens (tertiary/aromatic N) is 1. The van der Waals surface area contributed by atoms with Crippen LogP contribution in [0.5, 0.6) is 17.2 Å². The van der Waals surface area contributed by atoms with Crippen LogP contribution in [0.2, 0.25) is 0 Å². The maximum Gasteiger partial charge on any atom is 0.122 e. The van der Waals surface area contributed by atoms with Crippen LogP contribution in [0.3, 0.4) is 0 Å². The van der Waals surface area contributed by atoms with Crippen molar-refractivity contribution in [1.82, 2.24) is 4.90 Å². The van der Waals surface area contributed by atoms with Gasteiger partial charge in [-0.05, 0) is 44.9 Å². The Morgan fingerprint density at radius 1 is 0.621 bits per heavy atom. The Balaban J connectivity index is 1.97. The zero-order chi connectivity index (χ0) is 21.1. The van der Waals surface area contributed by atoms with Gasteiger partial charge in [0.25, 0.3) is 0 Å². The number of hydrogen-bond acceptors (Lipinski definition) is 4. The summed E-state index contributed by atoms with van der Waals surface area (Å²) in [6.07, 6.45) is 0. The first-order valence-electron chi connectivity index (χ1n) is 9.82. The van der Waals surface area contributed by atoms with E-state index in [1.54, 1.807) is 12.1 Å². The smallest absolute Gasteiger partial charge is 0.122 e. The molecule has 0 atom stereocenters. The molecule has 3 N–H and O–H groups in total. The van der Waals surface area contributed by atoms with Crippen LogP contribution in [0.4, 0.5) is 0 Å². The summed E-state index contributed by atoms with van der Waals surface area (Å²) in [4.78, 5) is 2.12. The van der Waals surface area contributed by atoms with Gasteiger partial charge < -0.3 is 15.3 Å². The average Bonchev–Trinajstić information content (AvgIpc) is 2.65. The van der Waals surface area contributed by atoms with Crippen molar-refractivity contribution < 1.29 is 15.3 Å². The second kappa shape index (κ2) is 8.58. The Bertz CT molecular complexity index is 967. The molecule has 0 saturated carbocycles. The SMILES string of the molecule is Cc1cc(C)c(O)c(CN(Cc2ccccc2O)Cc2cc(C)cc(C)c2O)c1. The van der Waals surface area contributed by atoms with Gasteiger partial charge in [-0.1, -0.05) is 53.6 Å². The fraction of sp³-hybridized carbons (Fsp3) is 0.280. The maximum absolute atomic E-state index is 10.6. The topological polar surface area (TPSA) is 63.9 Å². The molecule has 0 aliphatic carbocycles. The summed E-state index contributed by atoms with van der Waals surface area (Å²) in [6.45, 7) is 9.30. The highest BCUT2D eigenvalue weighted by Gasteiger charge is 2.16. The minimum atomic E-state index is 0.242. The number of rotatable bonds is 6. The second-order valence-corrected chi connectivity index (χ2v) is 7.95. The number of phenolic OH excluding ortho intramolecular Hbond substituents is 3. The normalized spacial score (nSPS) is 11.2. The molecule has 0 saturated heterocycles. The number of hydrogen-bond donors (Lipinski definition) is 3. The zero-order valence-electron chi connectivity index (χ0n) is 17.5. The van der Waals surface area contributed by atoms with E-state index in [9.17, 15) is 15.3 Å². The van der Waals surface area contributed by atoms with Crippen molar-refractivity contribution in [2.45, 2.75) is 47.3 Å². The van der Waals surface area contributed by atoms with Crippen LogP contribution in [0.25, 0.3) is 0 Å². The van der Waals surface area contributed by atoms with E-state index in [-0.39, 0.29) is 5.75 Å². The van der Waals surface area contributed by atoms with Crippen LogP contribution in [-0.4, -0.2) is 20.2 Å². The van der Waals surface area contributed by atoms with Crippen LogP contribution in [0.1, 0.15) is 38.9 Å². The first-order chi connectivity index (χ1) is 13.7. The summed E-state index contributed by atoms with van der Waals surface area (Å²) in [7, 11) is 0. The van der Waals surface area contributed by atoms with Gasteiger partial charge in [0.2, 0.25) is 0 Å². The highest BCUT2D eigenvalue weighted by molar-refractivity contribution is 5.44. The van der Waals surface area contributed by atoms with E-state index in [4.69, 9.17) is 0 Å². The van der Waals surface area contributed by atoms with Crippen LogP contribution < -0.4 is 0 Å². The largest absolute Gasteiger partial charge is 0.508 e. The molecular weight excluding hydrogens is 362 g/mol. The highest BCUT2D eigenvalue weighted by Crippen LogP contribution is 2.30. The quantitative estimate of drug-likeness (QED) is 0.538. The number of aromatic hydroxyl groups is 3. The molecule has 0 aromatic heterocycles. The van der Waals surface area contributed by atoms with Crippen LogP contribution in [-0.2, 0) is 19.6 Å². The molecule has 3 rings (SSSR count). The molecule has 4 nitrogen and oxygen atoms in total. The van der Waals surface area contributed by atoms with E-state index >= 15 is 0 Å². The molecule has 0 aliphatic heterocycles. The van der Waals surface area contributed by atoms with Crippen molar-refractivity contribution in [3.8, 4) is 17.2 Å². The molecule has 0 heterocycles. The molecule has 4 heteroatoms. The Labute approximate surface area is 172 Å². The second-order valence-electron chi connectivity index (χ2n) is 7.95. The van der Waals surface area contributed by atoms with Gasteiger partial charge in [-0.3, -0.25) is 4.90 Å². The van der Waals surface area contributed by atoms with Gasteiger partial charge >= 0.3 is 0 Å². The average molecular weight is 392 g/mol. The monoisotopic (exact) mass is 391 g/mol. The summed E-state index contributed by atoms with van der Waals surface area (Å²) in [5.41, 5.74) is 6.34. The third kappa shape index (κ3) is 4.90. The Hall–Kier alpha value is -2.98. The van der Waals surface area contributed by atoms with E-state index in [0.717, 1.165) is 38.9 Å². The lowest BCUT2D eigenvalue weighted by atomic mass is 10.0. The lowest BCUT2D eigenvalue weighted by molar-refractivity contribution is 0.237. The van der Waals surface area contributed by atoms with Gasteiger partial charge in [0.15, 0.2) is 0 Å². The number of phenols is 3. The molecule has 3 aromatic rings. The Morgan fingerprint density at radius 3 is 1.55 bits per heavy atom.